The molecule has 0 aliphatic carbocycles. The second-order valence-corrected chi connectivity index (χ2v) is 6.60. The van der Waals surface area contributed by atoms with Crippen molar-refractivity contribution in [2.75, 3.05) is 0 Å². The second-order valence-electron chi connectivity index (χ2n) is 6.60. The molecular formula is C23H20N4O. The van der Waals surface area contributed by atoms with Gasteiger partial charge in [-0.15, -0.1) is 0 Å². The third kappa shape index (κ3) is 3.30. The van der Waals surface area contributed by atoms with Crippen molar-refractivity contribution >= 4 is 22.9 Å². The van der Waals surface area contributed by atoms with Gasteiger partial charge in [0.1, 0.15) is 0 Å². The zero-order chi connectivity index (χ0) is 19.5. The zero-order valence-corrected chi connectivity index (χ0v) is 15.8. The molecule has 0 radical (unpaired) electrons. The number of aromatic nitrogens is 2. The minimum absolute atomic E-state index is 0.285. The number of rotatable bonds is 4. The molecule has 0 bridgehead atoms. The van der Waals surface area contributed by atoms with E-state index in [1.165, 1.54) is 17.0 Å². The van der Waals surface area contributed by atoms with Crippen molar-refractivity contribution in [2.24, 2.45) is 5.10 Å². The number of amides is 1. The molecule has 0 spiro atoms. The summed E-state index contributed by atoms with van der Waals surface area (Å²) in [5, 5.41) is 6.52. The topological polar surface area (TPSA) is 59.3 Å². The minimum atomic E-state index is -0.285. The fourth-order valence-electron chi connectivity index (χ4n) is 3.41. The van der Waals surface area contributed by atoms with Gasteiger partial charge in [-0.05, 0) is 43.5 Å². The average Bonchev–Trinajstić information content (AvgIpc) is 3.01. The molecule has 5 heteroatoms. The number of hydrogen-bond donors (Lipinski definition) is 1. The summed E-state index contributed by atoms with van der Waals surface area (Å²) in [5.74, 6) is -0.285. The minimum Gasteiger partial charge on any atom is -0.317 e. The number of carbonyl (C=O) groups is 1. The van der Waals surface area contributed by atoms with Crippen LogP contribution in [0.25, 0.3) is 16.5 Å². The first kappa shape index (κ1) is 17.7. The second kappa shape index (κ2) is 7.48. The first-order valence-corrected chi connectivity index (χ1v) is 9.05. The maximum atomic E-state index is 12.1. The molecule has 138 valence electrons. The Labute approximate surface area is 163 Å². The van der Waals surface area contributed by atoms with Crippen LogP contribution in [0.1, 0.15) is 27.3 Å². The van der Waals surface area contributed by atoms with Gasteiger partial charge in [-0.3, -0.25) is 9.78 Å². The van der Waals surface area contributed by atoms with Gasteiger partial charge in [0.25, 0.3) is 5.91 Å². The van der Waals surface area contributed by atoms with Crippen LogP contribution in [-0.2, 0) is 0 Å². The number of benzene rings is 2. The van der Waals surface area contributed by atoms with Crippen LogP contribution in [0.5, 0.6) is 0 Å². The summed E-state index contributed by atoms with van der Waals surface area (Å²) >= 11 is 0. The van der Waals surface area contributed by atoms with E-state index >= 15 is 0 Å². The molecule has 4 rings (SSSR count). The van der Waals surface area contributed by atoms with Crippen LogP contribution in [0.2, 0.25) is 0 Å². The Kier molecular flexibility index (Phi) is 4.72. The number of pyridine rings is 1. The fourth-order valence-corrected chi connectivity index (χ4v) is 3.41. The first-order valence-electron chi connectivity index (χ1n) is 9.05. The van der Waals surface area contributed by atoms with E-state index in [0.717, 1.165) is 22.6 Å². The highest BCUT2D eigenvalue weighted by Crippen LogP contribution is 2.26. The lowest BCUT2D eigenvalue weighted by Crippen LogP contribution is -2.17. The van der Waals surface area contributed by atoms with Crippen LogP contribution in [0, 0.1) is 13.8 Å². The first-order chi connectivity index (χ1) is 13.6. The Bertz CT molecular complexity index is 1170. The van der Waals surface area contributed by atoms with Crippen molar-refractivity contribution in [1.29, 1.82) is 0 Å². The molecule has 0 aliphatic rings. The van der Waals surface area contributed by atoms with Crippen LogP contribution in [0.15, 0.2) is 78.2 Å². The van der Waals surface area contributed by atoms with Crippen molar-refractivity contribution in [3.8, 4) is 5.69 Å². The predicted octanol–water partition coefficient (Wildman–Crippen LogP) is 4.41. The lowest BCUT2D eigenvalue weighted by atomic mass is 10.1. The summed E-state index contributed by atoms with van der Waals surface area (Å²) in [7, 11) is 0. The Hall–Kier alpha value is -3.73. The monoisotopic (exact) mass is 368 g/mol. The molecule has 2 aromatic carbocycles. The third-order valence-electron chi connectivity index (χ3n) is 4.77. The Morgan fingerprint density at radius 2 is 1.89 bits per heavy atom. The summed E-state index contributed by atoms with van der Waals surface area (Å²) in [6, 6.07) is 20.1. The van der Waals surface area contributed by atoms with Crippen molar-refractivity contribution in [3.05, 3.63) is 95.6 Å². The summed E-state index contributed by atoms with van der Waals surface area (Å²) in [6.45, 7) is 4.12. The molecular weight excluding hydrogens is 348 g/mol. The highest BCUT2D eigenvalue weighted by Gasteiger charge is 2.12. The van der Waals surface area contributed by atoms with Gasteiger partial charge in [0.15, 0.2) is 0 Å². The number of fused-ring (bicyclic) bond motifs is 1. The molecule has 5 nitrogen and oxygen atoms in total. The zero-order valence-electron chi connectivity index (χ0n) is 15.8. The highest BCUT2D eigenvalue weighted by molar-refractivity contribution is 5.95. The standard InChI is InChI=1S/C23H20N4O/c1-16-13-20(15-25-26-23(28)19-9-6-12-24-14-19)17(2)27(16)22-11-5-8-18-7-3-4-10-21(18)22/h3-15H,1-2H3,(H,26,28)/b25-15-. The molecule has 0 fully saturated rings. The van der Waals surface area contributed by atoms with Crippen LogP contribution in [0.4, 0.5) is 0 Å². The average molecular weight is 368 g/mol. The summed E-state index contributed by atoms with van der Waals surface area (Å²) in [6.07, 6.45) is 4.82. The van der Waals surface area contributed by atoms with Gasteiger partial charge in [-0.25, -0.2) is 5.43 Å². The van der Waals surface area contributed by atoms with Crippen LogP contribution in [0.3, 0.4) is 0 Å². The molecule has 0 saturated heterocycles. The summed E-state index contributed by atoms with van der Waals surface area (Å²) in [4.78, 5) is 16.0. The van der Waals surface area contributed by atoms with Crippen molar-refractivity contribution in [1.82, 2.24) is 15.0 Å². The van der Waals surface area contributed by atoms with Gasteiger partial charge < -0.3 is 4.57 Å². The lowest BCUT2D eigenvalue weighted by molar-refractivity contribution is 0.0955. The molecule has 0 atom stereocenters. The number of carbonyl (C=O) groups excluding carboxylic acids is 1. The van der Waals surface area contributed by atoms with Gasteiger partial charge in [0.2, 0.25) is 0 Å². The predicted molar refractivity (Wildman–Crippen MR) is 112 cm³/mol. The number of hydrazone groups is 1. The molecule has 1 amide bonds. The maximum absolute atomic E-state index is 12.1. The summed E-state index contributed by atoms with van der Waals surface area (Å²) < 4.78 is 2.21. The van der Waals surface area contributed by atoms with Gasteiger partial charge in [0, 0.05) is 34.7 Å². The van der Waals surface area contributed by atoms with Crippen LogP contribution < -0.4 is 5.43 Å². The molecule has 4 aromatic rings. The van der Waals surface area contributed by atoms with Gasteiger partial charge in [0.05, 0.1) is 17.5 Å². The van der Waals surface area contributed by atoms with Gasteiger partial charge in [-0.1, -0.05) is 36.4 Å². The Morgan fingerprint density at radius 1 is 1.07 bits per heavy atom. The van der Waals surface area contributed by atoms with E-state index in [2.05, 4.69) is 76.4 Å². The van der Waals surface area contributed by atoms with Crippen molar-refractivity contribution < 1.29 is 4.79 Å². The lowest BCUT2D eigenvalue weighted by Gasteiger charge is -2.12. The molecule has 2 heterocycles. The largest absolute Gasteiger partial charge is 0.317 e. The number of aryl methyl sites for hydroxylation is 1. The van der Waals surface area contributed by atoms with Crippen molar-refractivity contribution in [2.45, 2.75) is 13.8 Å². The van der Waals surface area contributed by atoms with E-state index in [9.17, 15) is 4.79 Å². The van der Waals surface area contributed by atoms with E-state index in [1.807, 2.05) is 6.07 Å². The Balaban J connectivity index is 1.64. The molecule has 2 aromatic heterocycles. The molecule has 0 saturated carbocycles. The maximum Gasteiger partial charge on any atom is 0.272 e. The SMILES string of the molecule is Cc1cc(/C=N\NC(=O)c2cccnc2)c(C)n1-c1cccc2ccccc12. The molecule has 0 aliphatic heterocycles. The summed E-state index contributed by atoms with van der Waals surface area (Å²) in [5.41, 5.74) is 7.28. The van der Waals surface area contributed by atoms with Crippen molar-refractivity contribution in [3.63, 3.8) is 0 Å². The van der Waals surface area contributed by atoms with E-state index in [4.69, 9.17) is 0 Å². The quantitative estimate of drug-likeness (QED) is 0.428. The van der Waals surface area contributed by atoms with Gasteiger partial charge >= 0.3 is 0 Å². The van der Waals surface area contributed by atoms with E-state index in [-0.39, 0.29) is 5.91 Å². The van der Waals surface area contributed by atoms with E-state index in [1.54, 1.807) is 24.5 Å². The fraction of sp³-hybridized carbons (Fsp3) is 0.0870. The normalized spacial score (nSPS) is 11.2. The van der Waals surface area contributed by atoms with Crippen LogP contribution >= 0.6 is 0 Å². The number of nitrogens with one attached hydrogen (secondary N) is 1. The number of nitrogens with zero attached hydrogens (tertiary/aromatic N) is 3. The number of hydrogen-bond acceptors (Lipinski definition) is 3. The van der Waals surface area contributed by atoms with Gasteiger partial charge in [-0.2, -0.15) is 5.10 Å². The van der Waals surface area contributed by atoms with E-state index < -0.39 is 0 Å². The molecule has 28 heavy (non-hydrogen) atoms. The Morgan fingerprint density at radius 3 is 2.71 bits per heavy atom. The van der Waals surface area contributed by atoms with Crippen LogP contribution in [-0.4, -0.2) is 21.7 Å². The molecule has 1 N–H and O–H groups in total. The smallest absolute Gasteiger partial charge is 0.272 e. The molecule has 0 unspecified atom stereocenters. The van der Waals surface area contributed by atoms with E-state index in [0.29, 0.717) is 5.56 Å². The third-order valence-corrected chi connectivity index (χ3v) is 4.77. The highest BCUT2D eigenvalue weighted by atomic mass is 16.2.